The molecule has 232 valence electrons. The molecule has 0 aliphatic carbocycles. The maximum atomic E-state index is 13.6. The van der Waals surface area contributed by atoms with E-state index in [2.05, 4.69) is 0 Å². The first-order valence-electron chi connectivity index (χ1n) is 14.5. The lowest BCUT2D eigenvalue weighted by Crippen LogP contribution is -2.30. The maximum Gasteiger partial charge on any atom is 0.266 e. The molecular weight excluding hydrogens is 638 g/mol. The third-order valence-corrected chi connectivity index (χ3v) is 9.05. The number of ether oxygens (including phenoxy) is 3. The summed E-state index contributed by atoms with van der Waals surface area (Å²) in [5, 5.41) is 5.63. The van der Waals surface area contributed by atoms with Crippen LogP contribution in [-0.4, -0.2) is 45.7 Å². The van der Waals surface area contributed by atoms with E-state index in [-0.39, 0.29) is 5.91 Å². The second-order valence-corrected chi connectivity index (χ2v) is 12.5. The zero-order valence-corrected chi connectivity index (χ0v) is 27.6. The van der Waals surface area contributed by atoms with Gasteiger partial charge in [-0.25, -0.2) is 4.68 Å². The monoisotopic (exact) mass is 667 g/mol. The summed E-state index contributed by atoms with van der Waals surface area (Å²) < 4.78 is 19.2. The second-order valence-electron chi connectivity index (χ2n) is 10.4. The smallest absolute Gasteiger partial charge is 0.266 e. The molecule has 1 aliphatic rings. The number of hydrogen-bond acceptors (Lipinski definition) is 7. The molecule has 1 aromatic heterocycles. The summed E-state index contributed by atoms with van der Waals surface area (Å²) in [5.74, 6) is 1.88. The van der Waals surface area contributed by atoms with E-state index in [1.807, 2.05) is 114 Å². The van der Waals surface area contributed by atoms with Crippen molar-refractivity contribution in [3.63, 3.8) is 0 Å². The van der Waals surface area contributed by atoms with Crippen LogP contribution >= 0.6 is 35.6 Å². The van der Waals surface area contributed by atoms with E-state index in [1.54, 1.807) is 19.1 Å². The van der Waals surface area contributed by atoms with E-state index in [1.165, 1.54) is 11.8 Å². The SMILES string of the molecule is COc1ccc(CCN2C(=O)C(=Cc3cn(-c4ccccc4)nc3-c3cccc(OCc4ccc(Cl)cc4)c3)SC2=S)cc1OC. The highest BCUT2D eigenvalue weighted by Crippen LogP contribution is 2.36. The van der Waals surface area contributed by atoms with Crippen LogP contribution in [0.3, 0.4) is 0 Å². The number of amides is 1. The van der Waals surface area contributed by atoms with Crippen LogP contribution in [0, 0.1) is 0 Å². The van der Waals surface area contributed by atoms with E-state index in [0.29, 0.717) is 51.1 Å². The molecule has 1 aliphatic heterocycles. The van der Waals surface area contributed by atoms with Gasteiger partial charge in [-0.3, -0.25) is 9.69 Å². The molecule has 0 spiro atoms. The van der Waals surface area contributed by atoms with E-state index in [9.17, 15) is 4.79 Å². The van der Waals surface area contributed by atoms with E-state index < -0.39 is 0 Å². The average Bonchev–Trinajstić information content (AvgIpc) is 3.63. The quantitative estimate of drug-likeness (QED) is 0.104. The van der Waals surface area contributed by atoms with Gasteiger partial charge < -0.3 is 14.2 Å². The molecule has 0 saturated carbocycles. The minimum absolute atomic E-state index is 0.131. The van der Waals surface area contributed by atoms with E-state index >= 15 is 0 Å². The van der Waals surface area contributed by atoms with Crippen molar-refractivity contribution in [2.45, 2.75) is 13.0 Å². The Hall–Kier alpha value is -4.57. The van der Waals surface area contributed by atoms with Gasteiger partial charge in [0.2, 0.25) is 0 Å². The van der Waals surface area contributed by atoms with Gasteiger partial charge in [0.1, 0.15) is 22.4 Å². The van der Waals surface area contributed by atoms with Gasteiger partial charge >= 0.3 is 0 Å². The molecule has 0 bridgehead atoms. The fraction of sp³-hybridized carbons (Fsp3) is 0.139. The Morgan fingerprint density at radius 3 is 2.41 bits per heavy atom. The topological polar surface area (TPSA) is 65.8 Å². The van der Waals surface area contributed by atoms with Crippen LogP contribution < -0.4 is 14.2 Å². The minimum atomic E-state index is -0.131. The Morgan fingerprint density at radius 1 is 0.891 bits per heavy atom. The normalized spacial score (nSPS) is 13.8. The van der Waals surface area contributed by atoms with Crippen molar-refractivity contribution in [3.8, 4) is 34.2 Å². The van der Waals surface area contributed by atoms with Gasteiger partial charge in [-0.15, -0.1) is 0 Å². The number of nitrogens with zero attached hydrogens (tertiary/aromatic N) is 3. The first kappa shape index (κ1) is 31.4. The molecule has 5 aromatic rings. The third-order valence-electron chi connectivity index (χ3n) is 7.42. The highest BCUT2D eigenvalue weighted by atomic mass is 35.5. The molecular formula is C36H30ClN3O4S2. The molecule has 0 atom stereocenters. The van der Waals surface area contributed by atoms with Crippen molar-refractivity contribution in [2.24, 2.45) is 0 Å². The van der Waals surface area contributed by atoms with Crippen molar-refractivity contribution in [1.82, 2.24) is 14.7 Å². The summed E-state index contributed by atoms with van der Waals surface area (Å²) in [6.07, 6.45) is 4.42. The Balaban J connectivity index is 1.26. The third kappa shape index (κ3) is 7.12. The standard InChI is InChI=1S/C36H30ClN3O4S2/c1-42-31-16-13-24(19-32(31)43-2)17-18-39-35(41)33(46-36(39)45)21-27-22-40(29-8-4-3-5-9-29)38-34(27)26-7-6-10-30(20-26)44-23-25-11-14-28(37)15-12-25/h3-16,19-22H,17-18,23H2,1-2H3. The van der Waals surface area contributed by atoms with Crippen molar-refractivity contribution in [2.75, 3.05) is 20.8 Å². The van der Waals surface area contributed by atoms with Crippen LogP contribution in [0.15, 0.2) is 108 Å². The fourth-order valence-corrected chi connectivity index (χ4v) is 6.45. The Bertz CT molecular complexity index is 1910. The zero-order valence-electron chi connectivity index (χ0n) is 25.2. The Labute approximate surface area is 282 Å². The predicted molar refractivity (Wildman–Crippen MR) is 188 cm³/mol. The summed E-state index contributed by atoms with van der Waals surface area (Å²) in [7, 11) is 3.21. The Morgan fingerprint density at radius 2 is 1.65 bits per heavy atom. The minimum Gasteiger partial charge on any atom is -0.493 e. The number of thiocarbonyl (C=S) groups is 1. The number of carbonyl (C=O) groups excluding carboxylic acids is 1. The van der Waals surface area contributed by atoms with Gasteiger partial charge in [-0.1, -0.05) is 84.1 Å². The summed E-state index contributed by atoms with van der Waals surface area (Å²) >= 11 is 13.0. The highest BCUT2D eigenvalue weighted by molar-refractivity contribution is 8.26. The second kappa shape index (κ2) is 14.2. The van der Waals surface area contributed by atoms with Gasteiger partial charge in [0.25, 0.3) is 5.91 Å². The largest absolute Gasteiger partial charge is 0.493 e. The molecule has 46 heavy (non-hydrogen) atoms. The van der Waals surface area contributed by atoms with Crippen LogP contribution in [0.1, 0.15) is 16.7 Å². The van der Waals surface area contributed by atoms with Crippen molar-refractivity contribution in [1.29, 1.82) is 0 Å². The van der Waals surface area contributed by atoms with Crippen LogP contribution in [0.25, 0.3) is 23.0 Å². The predicted octanol–water partition coefficient (Wildman–Crippen LogP) is 8.23. The van der Waals surface area contributed by atoms with Crippen LogP contribution in [0.2, 0.25) is 5.02 Å². The van der Waals surface area contributed by atoms with E-state index in [0.717, 1.165) is 33.6 Å². The first-order chi connectivity index (χ1) is 22.4. The van der Waals surface area contributed by atoms with Crippen LogP contribution in [0.5, 0.6) is 17.2 Å². The molecule has 7 nitrogen and oxygen atoms in total. The highest BCUT2D eigenvalue weighted by Gasteiger charge is 2.32. The number of aromatic nitrogens is 2. The number of halogens is 1. The summed E-state index contributed by atoms with van der Waals surface area (Å²) in [5.41, 5.74) is 5.30. The van der Waals surface area contributed by atoms with Crippen molar-refractivity contribution in [3.05, 3.63) is 130 Å². The molecule has 2 heterocycles. The first-order valence-corrected chi connectivity index (χ1v) is 16.1. The zero-order chi connectivity index (χ0) is 32.0. The molecule has 1 amide bonds. The fourth-order valence-electron chi connectivity index (χ4n) is 5.02. The van der Waals surface area contributed by atoms with Gasteiger partial charge in [-0.05, 0) is 72.2 Å². The lowest BCUT2D eigenvalue weighted by molar-refractivity contribution is -0.122. The summed E-state index contributed by atoms with van der Waals surface area (Å²) in [6, 6.07) is 31.0. The van der Waals surface area contributed by atoms with Crippen LogP contribution in [-0.2, 0) is 17.8 Å². The number of rotatable bonds is 11. The number of thioether (sulfide) groups is 1. The summed E-state index contributed by atoms with van der Waals surface area (Å²) in [6.45, 7) is 0.846. The average molecular weight is 668 g/mol. The van der Waals surface area contributed by atoms with E-state index in [4.69, 9.17) is 43.1 Å². The number of para-hydroxylation sites is 1. The number of carbonyl (C=O) groups is 1. The van der Waals surface area contributed by atoms with Gasteiger partial charge in [0.15, 0.2) is 11.5 Å². The maximum absolute atomic E-state index is 13.6. The molecule has 1 saturated heterocycles. The molecule has 6 rings (SSSR count). The lowest BCUT2D eigenvalue weighted by atomic mass is 10.1. The van der Waals surface area contributed by atoms with Crippen molar-refractivity contribution < 1.29 is 19.0 Å². The lowest BCUT2D eigenvalue weighted by Gasteiger charge is -2.15. The number of benzene rings is 4. The van der Waals surface area contributed by atoms with Crippen molar-refractivity contribution >= 4 is 51.9 Å². The molecule has 0 unspecified atom stereocenters. The molecule has 1 fully saturated rings. The number of hydrogen-bond donors (Lipinski definition) is 0. The molecule has 10 heteroatoms. The molecule has 0 radical (unpaired) electrons. The molecule has 0 N–H and O–H groups in total. The van der Waals surface area contributed by atoms with Gasteiger partial charge in [0, 0.05) is 28.9 Å². The number of methoxy groups -OCH3 is 2. The van der Waals surface area contributed by atoms with Gasteiger partial charge in [-0.2, -0.15) is 5.10 Å². The van der Waals surface area contributed by atoms with Crippen LogP contribution in [0.4, 0.5) is 0 Å². The summed E-state index contributed by atoms with van der Waals surface area (Å²) in [4.78, 5) is 15.8. The van der Waals surface area contributed by atoms with Gasteiger partial charge in [0.05, 0.1) is 24.8 Å². The Kier molecular flexibility index (Phi) is 9.73. The molecule has 4 aromatic carbocycles.